The average Bonchev–Trinajstić information content (AvgIpc) is 2.88. The minimum absolute atomic E-state index is 0.239. The average molecular weight is 319 g/mol. The number of aryl methyl sites for hydroxylation is 2. The Morgan fingerprint density at radius 2 is 2.05 bits per heavy atom. The maximum Gasteiger partial charge on any atom is 0.274 e. The Morgan fingerprint density at radius 1 is 1.27 bits per heavy atom. The van der Waals surface area contributed by atoms with Crippen molar-refractivity contribution < 1.29 is 4.39 Å². The molecule has 0 saturated heterocycles. The van der Waals surface area contributed by atoms with Crippen molar-refractivity contribution in [3.05, 3.63) is 63.4 Å². The molecule has 0 N–H and O–H groups in total. The molecule has 22 heavy (non-hydrogen) atoms. The molecular formula is C15H12ClFN4O. The summed E-state index contributed by atoms with van der Waals surface area (Å²) >= 11 is 6.07. The third-order valence-electron chi connectivity index (χ3n) is 3.23. The van der Waals surface area contributed by atoms with Crippen LogP contribution >= 0.6 is 11.6 Å². The number of hydrogen-bond donors (Lipinski definition) is 0. The van der Waals surface area contributed by atoms with Gasteiger partial charge in [-0.15, -0.1) is 0 Å². The van der Waals surface area contributed by atoms with E-state index in [1.165, 1.54) is 22.9 Å². The van der Waals surface area contributed by atoms with Gasteiger partial charge in [0.15, 0.2) is 0 Å². The van der Waals surface area contributed by atoms with Crippen molar-refractivity contribution in [2.24, 2.45) is 7.05 Å². The molecule has 112 valence electrons. The van der Waals surface area contributed by atoms with Gasteiger partial charge in [-0.2, -0.15) is 14.9 Å². The van der Waals surface area contributed by atoms with Crippen LogP contribution in [0.4, 0.5) is 4.39 Å². The number of hydrogen-bond acceptors (Lipinski definition) is 3. The van der Waals surface area contributed by atoms with E-state index in [0.29, 0.717) is 22.5 Å². The molecule has 0 bridgehead atoms. The van der Waals surface area contributed by atoms with Gasteiger partial charge < -0.3 is 0 Å². The third-order valence-corrected chi connectivity index (χ3v) is 3.55. The van der Waals surface area contributed by atoms with Crippen LogP contribution < -0.4 is 5.56 Å². The molecule has 5 nitrogen and oxygen atoms in total. The van der Waals surface area contributed by atoms with Crippen LogP contribution in [0.15, 0.2) is 41.5 Å². The Hall–Kier alpha value is -2.47. The quantitative estimate of drug-likeness (QED) is 0.730. The smallest absolute Gasteiger partial charge is 0.274 e. The maximum atomic E-state index is 13.2. The maximum absolute atomic E-state index is 13.2. The van der Waals surface area contributed by atoms with Crippen LogP contribution in [0.3, 0.4) is 0 Å². The molecule has 3 aromatic rings. The second kappa shape index (κ2) is 5.38. The van der Waals surface area contributed by atoms with Crippen molar-refractivity contribution in [3.63, 3.8) is 0 Å². The van der Waals surface area contributed by atoms with E-state index in [-0.39, 0.29) is 10.6 Å². The lowest BCUT2D eigenvalue weighted by atomic mass is 10.1. The van der Waals surface area contributed by atoms with Gasteiger partial charge in [-0.1, -0.05) is 11.6 Å². The van der Waals surface area contributed by atoms with Gasteiger partial charge in [0.1, 0.15) is 11.5 Å². The first kappa shape index (κ1) is 14.5. The lowest BCUT2D eigenvalue weighted by molar-refractivity contribution is 0.628. The molecule has 2 aromatic heterocycles. The lowest BCUT2D eigenvalue weighted by Crippen LogP contribution is -2.23. The van der Waals surface area contributed by atoms with Crippen LogP contribution in [0, 0.1) is 12.7 Å². The topological polar surface area (TPSA) is 52.7 Å². The van der Waals surface area contributed by atoms with Gasteiger partial charge in [0.2, 0.25) is 0 Å². The number of nitrogens with zero attached hydrogens (tertiary/aromatic N) is 4. The molecular weight excluding hydrogens is 307 g/mol. The number of benzene rings is 1. The van der Waals surface area contributed by atoms with Crippen molar-refractivity contribution in [1.82, 2.24) is 19.6 Å². The Balaban J connectivity index is 2.22. The number of halogens is 2. The van der Waals surface area contributed by atoms with E-state index in [4.69, 9.17) is 11.6 Å². The summed E-state index contributed by atoms with van der Waals surface area (Å²) < 4.78 is 16.0. The highest BCUT2D eigenvalue weighted by atomic mass is 35.5. The van der Waals surface area contributed by atoms with Crippen LogP contribution in [0.1, 0.15) is 5.56 Å². The standard InChI is InChI=1S/C15H12ClFN4O/c1-9-5-14(12-4-3-10(17)6-13(12)16)19-21(15(9)22)11-7-18-20(2)8-11/h3-8H,1-2H3. The number of rotatable bonds is 2. The van der Waals surface area contributed by atoms with E-state index in [9.17, 15) is 9.18 Å². The zero-order valence-corrected chi connectivity index (χ0v) is 12.7. The molecule has 0 unspecified atom stereocenters. The fourth-order valence-electron chi connectivity index (χ4n) is 2.14. The molecule has 0 aliphatic carbocycles. The molecule has 0 saturated carbocycles. The monoisotopic (exact) mass is 318 g/mol. The first-order valence-corrected chi connectivity index (χ1v) is 6.89. The number of aromatic nitrogens is 4. The Morgan fingerprint density at radius 3 is 2.68 bits per heavy atom. The van der Waals surface area contributed by atoms with Crippen LogP contribution in [0.25, 0.3) is 16.9 Å². The second-order valence-electron chi connectivity index (χ2n) is 4.93. The van der Waals surface area contributed by atoms with Crippen molar-refractivity contribution in [1.29, 1.82) is 0 Å². The summed E-state index contributed by atoms with van der Waals surface area (Å²) in [4.78, 5) is 12.3. The van der Waals surface area contributed by atoms with Crippen molar-refractivity contribution in [3.8, 4) is 16.9 Å². The molecule has 0 fully saturated rings. The molecule has 0 aliphatic heterocycles. The van der Waals surface area contributed by atoms with Crippen molar-refractivity contribution in [2.45, 2.75) is 6.92 Å². The van der Waals surface area contributed by atoms with Gasteiger partial charge in [0, 0.05) is 18.2 Å². The predicted molar refractivity (Wildman–Crippen MR) is 81.7 cm³/mol. The molecule has 0 atom stereocenters. The predicted octanol–water partition coefficient (Wildman–Crippen LogP) is 2.73. The fourth-order valence-corrected chi connectivity index (χ4v) is 2.40. The van der Waals surface area contributed by atoms with Crippen molar-refractivity contribution in [2.75, 3.05) is 0 Å². The molecule has 0 amide bonds. The molecule has 0 radical (unpaired) electrons. The molecule has 3 rings (SSSR count). The SMILES string of the molecule is Cc1cc(-c2ccc(F)cc2Cl)nn(-c2cnn(C)c2)c1=O. The minimum Gasteiger partial charge on any atom is -0.274 e. The lowest BCUT2D eigenvalue weighted by Gasteiger charge is -2.08. The van der Waals surface area contributed by atoms with Gasteiger partial charge >= 0.3 is 0 Å². The summed E-state index contributed by atoms with van der Waals surface area (Å²) in [6.07, 6.45) is 3.23. The summed E-state index contributed by atoms with van der Waals surface area (Å²) in [7, 11) is 1.75. The van der Waals surface area contributed by atoms with Gasteiger partial charge in [0.25, 0.3) is 5.56 Å². The first-order valence-electron chi connectivity index (χ1n) is 6.51. The molecule has 2 heterocycles. The van der Waals surface area contributed by atoms with E-state index in [1.807, 2.05) is 0 Å². The first-order chi connectivity index (χ1) is 10.5. The zero-order valence-electron chi connectivity index (χ0n) is 11.9. The van der Waals surface area contributed by atoms with E-state index >= 15 is 0 Å². The van der Waals surface area contributed by atoms with Gasteiger partial charge in [-0.3, -0.25) is 9.48 Å². The normalized spacial score (nSPS) is 10.9. The van der Waals surface area contributed by atoms with E-state index in [0.717, 1.165) is 0 Å². The summed E-state index contributed by atoms with van der Waals surface area (Å²) in [5.74, 6) is -0.425. The van der Waals surface area contributed by atoms with Gasteiger partial charge in [0.05, 0.1) is 23.1 Å². The van der Waals surface area contributed by atoms with E-state index < -0.39 is 5.82 Å². The van der Waals surface area contributed by atoms with E-state index in [2.05, 4.69) is 10.2 Å². The molecule has 0 spiro atoms. The minimum atomic E-state index is -0.425. The highest BCUT2D eigenvalue weighted by Crippen LogP contribution is 2.27. The zero-order chi connectivity index (χ0) is 15.9. The van der Waals surface area contributed by atoms with E-state index in [1.54, 1.807) is 37.1 Å². The summed E-state index contributed by atoms with van der Waals surface area (Å²) in [6.45, 7) is 1.69. The van der Waals surface area contributed by atoms with Crippen molar-refractivity contribution >= 4 is 11.6 Å². The molecule has 0 aliphatic rings. The largest absolute Gasteiger partial charge is 0.274 e. The summed E-state index contributed by atoms with van der Waals surface area (Å²) in [5.41, 5.74) is 1.87. The second-order valence-corrected chi connectivity index (χ2v) is 5.33. The highest BCUT2D eigenvalue weighted by Gasteiger charge is 2.12. The Bertz CT molecular complexity index is 916. The Labute approximate surface area is 130 Å². The van der Waals surface area contributed by atoms with Crippen LogP contribution in [-0.4, -0.2) is 19.6 Å². The van der Waals surface area contributed by atoms with Crippen LogP contribution in [0.2, 0.25) is 5.02 Å². The summed E-state index contributed by atoms with van der Waals surface area (Å²) in [5, 5.41) is 8.60. The summed E-state index contributed by atoms with van der Waals surface area (Å²) in [6, 6.07) is 5.69. The molecule has 7 heteroatoms. The highest BCUT2D eigenvalue weighted by molar-refractivity contribution is 6.33. The van der Waals surface area contributed by atoms with Crippen LogP contribution in [-0.2, 0) is 7.05 Å². The van der Waals surface area contributed by atoms with Gasteiger partial charge in [-0.25, -0.2) is 4.39 Å². The third kappa shape index (κ3) is 2.53. The van der Waals surface area contributed by atoms with Crippen LogP contribution in [0.5, 0.6) is 0 Å². The fraction of sp³-hybridized carbons (Fsp3) is 0.133. The molecule has 1 aromatic carbocycles. The Kier molecular flexibility index (Phi) is 3.54. The van der Waals surface area contributed by atoms with Gasteiger partial charge in [-0.05, 0) is 31.2 Å².